The molecule has 0 saturated carbocycles. The van der Waals surface area contributed by atoms with Crippen LogP contribution >= 0.6 is 0 Å². The van der Waals surface area contributed by atoms with Crippen molar-refractivity contribution in [2.24, 2.45) is 0 Å². The van der Waals surface area contributed by atoms with Crippen molar-refractivity contribution >= 4 is 5.97 Å². The van der Waals surface area contributed by atoms with Gasteiger partial charge in [-0.15, -0.1) is 12.3 Å². The highest BCUT2D eigenvalue weighted by Gasteiger charge is 1.98. The molecule has 0 N–H and O–H groups in total. The van der Waals surface area contributed by atoms with Gasteiger partial charge >= 0.3 is 5.97 Å². The Bertz CT molecular complexity index is 231. The van der Waals surface area contributed by atoms with Crippen LogP contribution < -0.4 is 0 Å². The van der Waals surface area contributed by atoms with E-state index in [-0.39, 0.29) is 5.97 Å². The van der Waals surface area contributed by atoms with E-state index in [2.05, 4.69) is 10.7 Å². The SMILES string of the molecule is [2H]C([2H])(C#C)CCCCCCC(=O)OC. The monoisotopic (exact) mass is 184 g/mol. The predicted octanol–water partition coefficient (Wildman–Crippen LogP) is 2.52. The molecule has 74 valence electrons. The zero-order valence-electron chi connectivity index (χ0n) is 10.1. The zero-order valence-corrected chi connectivity index (χ0v) is 8.14. The minimum Gasteiger partial charge on any atom is -0.469 e. The number of carbonyl (C=O) groups excluding carboxylic acids is 1. The molecule has 2 heteroatoms. The van der Waals surface area contributed by atoms with Crippen molar-refractivity contribution in [2.75, 3.05) is 7.11 Å². The lowest BCUT2D eigenvalue weighted by Crippen LogP contribution is -1.98. The second-order valence-electron chi connectivity index (χ2n) is 2.81. The molecule has 0 heterocycles. The first-order valence-electron chi connectivity index (χ1n) is 5.56. The van der Waals surface area contributed by atoms with Crippen molar-refractivity contribution in [3.8, 4) is 12.3 Å². The van der Waals surface area contributed by atoms with Gasteiger partial charge < -0.3 is 4.74 Å². The van der Waals surface area contributed by atoms with Crippen LogP contribution in [0.2, 0.25) is 0 Å². The second-order valence-corrected chi connectivity index (χ2v) is 2.81. The molecule has 0 amide bonds. The van der Waals surface area contributed by atoms with Gasteiger partial charge in [0.25, 0.3) is 0 Å². The van der Waals surface area contributed by atoms with E-state index in [1.54, 1.807) is 0 Å². The summed E-state index contributed by atoms with van der Waals surface area (Å²) in [4.78, 5) is 10.7. The van der Waals surface area contributed by atoms with Crippen molar-refractivity contribution in [3.05, 3.63) is 0 Å². The summed E-state index contributed by atoms with van der Waals surface area (Å²) in [6.07, 6.45) is 7.74. The van der Waals surface area contributed by atoms with Crippen LogP contribution in [0.15, 0.2) is 0 Å². The van der Waals surface area contributed by atoms with E-state index < -0.39 is 6.37 Å². The fraction of sp³-hybridized carbons (Fsp3) is 0.727. The molecule has 0 spiro atoms. The number of hydrogen-bond donors (Lipinski definition) is 0. The number of carbonyl (C=O) groups is 1. The molecule has 0 aliphatic heterocycles. The lowest BCUT2D eigenvalue weighted by molar-refractivity contribution is -0.140. The van der Waals surface area contributed by atoms with Crippen molar-refractivity contribution in [1.82, 2.24) is 0 Å². The summed E-state index contributed by atoms with van der Waals surface area (Å²) in [6.45, 7) is 0. The Balaban J connectivity index is 3.34. The molecule has 0 fully saturated rings. The van der Waals surface area contributed by atoms with Crippen LogP contribution in [0, 0.1) is 12.3 Å². The minimum atomic E-state index is -1.48. The van der Waals surface area contributed by atoms with Gasteiger partial charge in [-0.3, -0.25) is 4.79 Å². The van der Waals surface area contributed by atoms with Crippen LogP contribution in [0.25, 0.3) is 0 Å². The Kier molecular flexibility index (Phi) is 6.05. The topological polar surface area (TPSA) is 26.3 Å². The van der Waals surface area contributed by atoms with E-state index in [1.165, 1.54) is 7.11 Å². The fourth-order valence-electron chi connectivity index (χ4n) is 1.01. The van der Waals surface area contributed by atoms with Crippen LogP contribution in [0.1, 0.15) is 47.6 Å². The predicted molar refractivity (Wildman–Crippen MR) is 53.2 cm³/mol. The molecule has 2 nitrogen and oxygen atoms in total. The van der Waals surface area contributed by atoms with E-state index in [1.807, 2.05) is 0 Å². The molecule has 0 aromatic carbocycles. The van der Waals surface area contributed by atoms with Gasteiger partial charge in [0.15, 0.2) is 0 Å². The molecule has 0 radical (unpaired) electrons. The highest BCUT2D eigenvalue weighted by atomic mass is 16.5. The maximum absolute atomic E-state index is 10.7. The quantitative estimate of drug-likeness (QED) is 0.345. The van der Waals surface area contributed by atoms with Crippen LogP contribution in [0.5, 0.6) is 0 Å². The second kappa shape index (κ2) is 9.12. The summed E-state index contributed by atoms with van der Waals surface area (Å²) in [5.74, 6) is 1.93. The van der Waals surface area contributed by atoms with Gasteiger partial charge in [-0.25, -0.2) is 0 Å². The molecule has 0 unspecified atom stereocenters. The van der Waals surface area contributed by atoms with E-state index in [4.69, 9.17) is 9.16 Å². The van der Waals surface area contributed by atoms with E-state index in [0.717, 1.165) is 25.7 Å². The number of hydrogen-bond acceptors (Lipinski definition) is 2. The van der Waals surface area contributed by atoms with Gasteiger partial charge in [-0.2, -0.15) is 0 Å². The van der Waals surface area contributed by atoms with Crippen molar-refractivity contribution < 1.29 is 12.3 Å². The third-order valence-corrected chi connectivity index (χ3v) is 1.76. The third kappa shape index (κ3) is 8.94. The van der Waals surface area contributed by atoms with Crippen molar-refractivity contribution in [2.45, 2.75) is 44.9 Å². The zero-order chi connectivity index (χ0) is 11.7. The first-order valence-corrected chi connectivity index (χ1v) is 4.56. The normalized spacial score (nSPS) is 12.6. The molecule has 0 atom stereocenters. The number of unbranched alkanes of at least 4 members (excludes halogenated alkanes) is 3. The van der Waals surface area contributed by atoms with E-state index in [9.17, 15) is 4.79 Å². The van der Waals surface area contributed by atoms with Crippen LogP contribution in [-0.4, -0.2) is 13.1 Å². The number of methoxy groups -OCH3 is 1. The lowest BCUT2D eigenvalue weighted by atomic mass is 10.1. The maximum atomic E-state index is 10.7. The van der Waals surface area contributed by atoms with Gasteiger partial charge in [0.05, 0.1) is 7.11 Å². The molecule has 0 aliphatic carbocycles. The fourth-order valence-corrected chi connectivity index (χ4v) is 1.01. The molecule has 0 aromatic heterocycles. The van der Waals surface area contributed by atoms with Crippen molar-refractivity contribution in [3.63, 3.8) is 0 Å². The molecule has 0 rings (SSSR count). The molecule has 0 saturated heterocycles. The summed E-state index contributed by atoms with van der Waals surface area (Å²) in [7, 11) is 1.38. The number of ether oxygens (including phenoxy) is 1. The largest absolute Gasteiger partial charge is 0.469 e. The van der Waals surface area contributed by atoms with Gasteiger partial charge in [-0.05, 0) is 12.8 Å². The average molecular weight is 184 g/mol. The Labute approximate surface area is 83.5 Å². The van der Waals surface area contributed by atoms with E-state index in [0.29, 0.717) is 12.8 Å². The summed E-state index contributed by atoms with van der Waals surface area (Å²) in [6, 6.07) is 0. The molecule has 0 aliphatic rings. The van der Waals surface area contributed by atoms with Gasteiger partial charge in [0.2, 0.25) is 0 Å². The van der Waals surface area contributed by atoms with Crippen LogP contribution in [0.4, 0.5) is 0 Å². The summed E-state index contributed by atoms with van der Waals surface area (Å²) in [5.41, 5.74) is 0. The first-order chi connectivity index (χ1) is 7.02. The van der Waals surface area contributed by atoms with Crippen LogP contribution in [0.3, 0.4) is 0 Å². The summed E-state index contributed by atoms with van der Waals surface area (Å²) < 4.78 is 19.1. The summed E-state index contributed by atoms with van der Waals surface area (Å²) >= 11 is 0. The van der Waals surface area contributed by atoms with E-state index >= 15 is 0 Å². The Hall–Kier alpha value is -0.970. The molecule has 0 aromatic rings. The highest BCUT2D eigenvalue weighted by Crippen LogP contribution is 2.06. The van der Waals surface area contributed by atoms with Gasteiger partial charge in [-0.1, -0.05) is 19.3 Å². The molecular weight excluding hydrogens is 164 g/mol. The first kappa shape index (κ1) is 8.62. The van der Waals surface area contributed by atoms with Gasteiger partial charge in [0, 0.05) is 15.5 Å². The number of esters is 1. The third-order valence-electron chi connectivity index (χ3n) is 1.76. The molecule has 0 bridgehead atoms. The Morgan fingerprint density at radius 1 is 1.38 bits per heavy atom. The number of rotatable bonds is 7. The van der Waals surface area contributed by atoms with Crippen molar-refractivity contribution in [1.29, 1.82) is 0 Å². The summed E-state index contributed by atoms with van der Waals surface area (Å²) in [5, 5.41) is 0. The molecular formula is C11H18O2. The number of terminal acetylenes is 1. The lowest BCUT2D eigenvalue weighted by Gasteiger charge is -1.99. The standard InChI is InChI=1S/C11H18O2/c1-3-4-5-6-7-8-9-10-11(12)13-2/h1H,4-10H2,2H3/i4D2. The Morgan fingerprint density at radius 2 is 2.00 bits per heavy atom. The van der Waals surface area contributed by atoms with Crippen LogP contribution in [-0.2, 0) is 9.53 Å². The Morgan fingerprint density at radius 3 is 2.62 bits per heavy atom. The van der Waals surface area contributed by atoms with Gasteiger partial charge in [0.1, 0.15) is 0 Å². The highest BCUT2D eigenvalue weighted by molar-refractivity contribution is 5.68. The maximum Gasteiger partial charge on any atom is 0.305 e. The smallest absolute Gasteiger partial charge is 0.305 e. The minimum absolute atomic E-state index is 0.186. The molecule has 13 heavy (non-hydrogen) atoms. The average Bonchev–Trinajstić information content (AvgIpc) is 2.22.